The summed E-state index contributed by atoms with van der Waals surface area (Å²) in [5.41, 5.74) is 9.34. The highest BCUT2D eigenvalue weighted by Gasteiger charge is 2.25. The van der Waals surface area contributed by atoms with Gasteiger partial charge in [-0.05, 0) is 28.0 Å². The van der Waals surface area contributed by atoms with Gasteiger partial charge in [-0.15, -0.1) is 5.10 Å². The Kier molecular flexibility index (Phi) is 5.87. The van der Waals surface area contributed by atoms with Gasteiger partial charge in [0.1, 0.15) is 12.2 Å². The molecule has 0 radical (unpaired) electrons. The zero-order chi connectivity index (χ0) is 20.3. The van der Waals surface area contributed by atoms with Gasteiger partial charge in [-0.1, -0.05) is 34.5 Å². The van der Waals surface area contributed by atoms with E-state index in [1.165, 1.54) is 10.9 Å². The second kappa shape index (κ2) is 8.33. The first-order valence-corrected chi connectivity index (χ1v) is 8.73. The number of hydrogen-bond acceptors (Lipinski definition) is 8. The lowest BCUT2D eigenvalue weighted by atomic mass is 10.2. The third kappa shape index (κ3) is 4.27. The standard InChI is InChI=1S/C15H15Cl2N9O2/c1-25(2)7-11-12(20-24-26(11)14-13(18)22-28-23-14)15(27)21-19-6-8-3-4-9(16)10(17)5-8/h3-6H,7H2,1-2H3,(H2,18,22)(H,21,27)/p+1/b19-6-. The molecule has 0 fully saturated rings. The second-order valence-electron chi connectivity index (χ2n) is 6.03. The van der Waals surface area contributed by atoms with Crippen LogP contribution >= 0.6 is 23.2 Å². The predicted molar refractivity (Wildman–Crippen MR) is 102 cm³/mol. The van der Waals surface area contributed by atoms with E-state index in [1.54, 1.807) is 18.2 Å². The molecule has 0 spiro atoms. The van der Waals surface area contributed by atoms with Crippen molar-refractivity contribution in [2.45, 2.75) is 6.54 Å². The Balaban J connectivity index is 1.83. The molecule has 13 heteroatoms. The number of nitrogen functional groups attached to an aromatic ring is 1. The number of hydrogen-bond donors (Lipinski definition) is 3. The number of nitrogens with zero attached hydrogens (tertiary/aromatic N) is 6. The summed E-state index contributed by atoms with van der Waals surface area (Å²) in [4.78, 5) is 13.6. The van der Waals surface area contributed by atoms with E-state index in [1.807, 2.05) is 14.1 Å². The molecule has 0 aliphatic heterocycles. The predicted octanol–water partition coefficient (Wildman–Crippen LogP) is -0.0523. The molecule has 0 saturated heterocycles. The van der Waals surface area contributed by atoms with Crippen LogP contribution in [0.15, 0.2) is 27.9 Å². The molecule has 0 bridgehead atoms. The smallest absolute Gasteiger partial charge is 0.294 e. The molecule has 0 aliphatic rings. The van der Waals surface area contributed by atoms with Crippen molar-refractivity contribution >= 4 is 41.1 Å². The third-order valence-electron chi connectivity index (χ3n) is 3.52. The Labute approximate surface area is 169 Å². The van der Waals surface area contributed by atoms with Crippen LogP contribution in [0, 0.1) is 0 Å². The molecular weight excluding hydrogens is 409 g/mol. The topological polar surface area (TPSA) is 142 Å². The molecule has 1 aromatic carbocycles. The Morgan fingerprint density at radius 2 is 2.14 bits per heavy atom. The fourth-order valence-electron chi connectivity index (χ4n) is 2.29. The van der Waals surface area contributed by atoms with Crippen molar-refractivity contribution in [1.29, 1.82) is 0 Å². The van der Waals surface area contributed by atoms with Gasteiger partial charge in [0.25, 0.3) is 5.91 Å². The minimum absolute atomic E-state index is 0.0319. The van der Waals surface area contributed by atoms with Crippen molar-refractivity contribution in [3.63, 3.8) is 0 Å². The Hall–Kier alpha value is -3.02. The SMILES string of the molecule is C[NH+](C)Cc1c(C(=O)N/N=C\c2ccc(Cl)c(Cl)c2)nnn1-c1nonc1N. The van der Waals surface area contributed by atoms with Crippen LogP contribution in [0.5, 0.6) is 0 Å². The Morgan fingerprint density at radius 1 is 1.36 bits per heavy atom. The maximum atomic E-state index is 12.5. The zero-order valence-corrected chi connectivity index (χ0v) is 16.4. The highest BCUT2D eigenvalue weighted by molar-refractivity contribution is 6.42. The van der Waals surface area contributed by atoms with Crippen LogP contribution in [0.4, 0.5) is 5.82 Å². The van der Waals surface area contributed by atoms with Gasteiger partial charge in [-0.25, -0.2) is 10.1 Å². The summed E-state index contributed by atoms with van der Waals surface area (Å²) in [6.45, 7) is 0.415. The maximum Gasteiger partial charge on any atom is 0.294 e. The highest BCUT2D eigenvalue weighted by Crippen LogP contribution is 2.21. The summed E-state index contributed by atoms with van der Waals surface area (Å²) in [6.07, 6.45) is 1.43. The molecule has 0 atom stereocenters. The molecule has 11 nitrogen and oxygen atoms in total. The molecule has 0 unspecified atom stereocenters. The lowest BCUT2D eigenvalue weighted by Crippen LogP contribution is -3.04. The number of aromatic nitrogens is 5. The van der Waals surface area contributed by atoms with Crippen molar-refractivity contribution in [3.8, 4) is 5.82 Å². The van der Waals surface area contributed by atoms with Gasteiger partial charge in [0.15, 0.2) is 5.69 Å². The monoisotopic (exact) mass is 424 g/mol. The number of anilines is 1. The van der Waals surface area contributed by atoms with E-state index in [4.69, 9.17) is 28.9 Å². The van der Waals surface area contributed by atoms with Gasteiger partial charge >= 0.3 is 0 Å². The van der Waals surface area contributed by atoms with Crippen LogP contribution in [-0.2, 0) is 6.54 Å². The molecular formula is C15H16Cl2N9O2+. The molecule has 3 rings (SSSR count). The first-order valence-electron chi connectivity index (χ1n) is 7.97. The molecule has 1 amide bonds. The lowest BCUT2D eigenvalue weighted by molar-refractivity contribution is -0.873. The number of carbonyl (C=O) groups excluding carboxylic acids is 1. The summed E-state index contributed by atoms with van der Waals surface area (Å²) in [5, 5.41) is 19.8. The minimum Gasteiger partial charge on any atom is -0.378 e. The van der Waals surface area contributed by atoms with E-state index in [2.05, 4.69) is 35.8 Å². The van der Waals surface area contributed by atoms with E-state index >= 15 is 0 Å². The Morgan fingerprint density at radius 3 is 2.79 bits per heavy atom. The number of halogens is 2. The molecule has 28 heavy (non-hydrogen) atoms. The van der Waals surface area contributed by atoms with Gasteiger partial charge in [0.2, 0.25) is 11.6 Å². The maximum absolute atomic E-state index is 12.5. The number of benzene rings is 1. The summed E-state index contributed by atoms with van der Waals surface area (Å²) in [6, 6.07) is 4.96. The van der Waals surface area contributed by atoms with Gasteiger partial charge in [-0.3, -0.25) is 4.79 Å². The van der Waals surface area contributed by atoms with Crippen LogP contribution in [0.2, 0.25) is 10.0 Å². The number of carbonyl (C=O) groups is 1. The van der Waals surface area contributed by atoms with Gasteiger partial charge < -0.3 is 10.6 Å². The molecule has 146 valence electrons. The van der Waals surface area contributed by atoms with Crippen LogP contribution in [-0.4, -0.2) is 51.5 Å². The van der Waals surface area contributed by atoms with E-state index < -0.39 is 5.91 Å². The highest BCUT2D eigenvalue weighted by atomic mass is 35.5. The van der Waals surface area contributed by atoms with Gasteiger partial charge in [-0.2, -0.15) is 9.78 Å². The molecule has 4 N–H and O–H groups in total. The number of quaternary nitrogens is 1. The lowest BCUT2D eigenvalue weighted by Gasteiger charge is -2.08. The summed E-state index contributed by atoms with van der Waals surface area (Å²) in [5.74, 6) is -0.361. The second-order valence-corrected chi connectivity index (χ2v) is 6.84. The number of hydrazone groups is 1. The van der Waals surface area contributed by atoms with Crippen molar-refractivity contribution in [1.82, 2.24) is 30.7 Å². The quantitative estimate of drug-likeness (QED) is 0.371. The van der Waals surface area contributed by atoms with Crippen molar-refractivity contribution < 1.29 is 14.3 Å². The fourth-order valence-corrected chi connectivity index (χ4v) is 2.60. The average molecular weight is 425 g/mol. The number of nitrogens with one attached hydrogen (secondary N) is 2. The summed E-state index contributed by atoms with van der Waals surface area (Å²) >= 11 is 11.8. The van der Waals surface area contributed by atoms with E-state index in [9.17, 15) is 4.79 Å². The van der Waals surface area contributed by atoms with E-state index in [0.717, 1.165) is 4.90 Å². The van der Waals surface area contributed by atoms with Crippen molar-refractivity contribution in [3.05, 3.63) is 45.2 Å². The average Bonchev–Trinajstić information content (AvgIpc) is 3.23. The van der Waals surface area contributed by atoms with Crippen LogP contribution in [0.25, 0.3) is 5.82 Å². The fraction of sp³-hybridized carbons (Fsp3) is 0.200. The van der Waals surface area contributed by atoms with Gasteiger partial charge in [0.05, 0.1) is 30.4 Å². The van der Waals surface area contributed by atoms with Crippen LogP contribution in [0.3, 0.4) is 0 Å². The zero-order valence-electron chi connectivity index (χ0n) is 14.8. The molecule has 0 aliphatic carbocycles. The number of nitrogens with two attached hydrogens (primary N) is 1. The number of rotatable bonds is 6. The first kappa shape index (κ1) is 19.7. The largest absolute Gasteiger partial charge is 0.378 e. The summed E-state index contributed by atoms with van der Waals surface area (Å²) < 4.78 is 5.91. The molecule has 0 saturated carbocycles. The van der Waals surface area contributed by atoms with Crippen LogP contribution in [0.1, 0.15) is 21.7 Å². The van der Waals surface area contributed by atoms with Crippen molar-refractivity contribution in [2.75, 3.05) is 19.8 Å². The van der Waals surface area contributed by atoms with Crippen molar-refractivity contribution in [2.24, 2.45) is 5.10 Å². The molecule has 2 heterocycles. The van der Waals surface area contributed by atoms with E-state index in [0.29, 0.717) is 27.8 Å². The number of amides is 1. The molecule has 2 aromatic heterocycles. The first-order chi connectivity index (χ1) is 13.4. The normalized spacial score (nSPS) is 11.5. The summed E-state index contributed by atoms with van der Waals surface area (Å²) in [7, 11) is 3.82. The van der Waals surface area contributed by atoms with Crippen LogP contribution < -0.4 is 16.1 Å². The Bertz CT molecular complexity index is 1030. The minimum atomic E-state index is -0.547. The van der Waals surface area contributed by atoms with E-state index in [-0.39, 0.29) is 17.3 Å². The van der Waals surface area contributed by atoms with Gasteiger partial charge in [0, 0.05) is 0 Å². The molecule has 3 aromatic rings. The third-order valence-corrected chi connectivity index (χ3v) is 4.26.